The van der Waals surface area contributed by atoms with Gasteiger partial charge in [-0.05, 0) is 29.8 Å². The fourth-order valence-corrected chi connectivity index (χ4v) is 3.80. The van der Waals surface area contributed by atoms with Gasteiger partial charge in [0.1, 0.15) is 0 Å². The molecular formula is C16H15ClO4S. The van der Waals surface area contributed by atoms with Gasteiger partial charge in [0.15, 0.2) is 15.1 Å². The molecule has 0 aliphatic carbocycles. The number of sulfone groups is 1. The average Bonchev–Trinajstić information content (AvgIpc) is 2.53. The van der Waals surface area contributed by atoms with Gasteiger partial charge in [-0.15, -0.1) is 0 Å². The first-order valence-corrected chi connectivity index (χ1v) is 8.49. The van der Waals surface area contributed by atoms with E-state index in [2.05, 4.69) is 4.74 Å². The van der Waals surface area contributed by atoms with Crippen LogP contribution in [-0.2, 0) is 25.8 Å². The van der Waals surface area contributed by atoms with Crippen molar-refractivity contribution < 1.29 is 17.9 Å². The van der Waals surface area contributed by atoms with E-state index < -0.39 is 21.1 Å². The Morgan fingerprint density at radius 1 is 1.09 bits per heavy atom. The molecule has 2 aromatic carbocycles. The fraction of sp³-hybridized carbons (Fsp3) is 0.188. The normalized spacial score (nSPS) is 12.6. The van der Waals surface area contributed by atoms with Crippen molar-refractivity contribution in [2.24, 2.45) is 0 Å². The first kappa shape index (κ1) is 16.5. The van der Waals surface area contributed by atoms with Crippen LogP contribution in [0.25, 0.3) is 0 Å². The minimum absolute atomic E-state index is 0.0447. The van der Waals surface area contributed by atoms with Crippen LogP contribution in [0.1, 0.15) is 5.56 Å². The van der Waals surface area contributed by atoms with E-state index in [1.54, 1.807) is 24.3 Å². The smallest absolute Gasteiger partial charge is 0.324 e. The predicted molar refractivity (Wildman–Crippen MR) is 84.6 cm³/mol. The number of ether oxygens (including phenoxy) is 1. The molecular weight excluding hydrogens is 324 g/mol. The van der Waals surface area contributed by atoms with Crippen LogP contribution in [0.4, 0.5) is 0 Å². The van der Waals surface area contributed by atoms with E-state index in [-0.39, 0.29) is 11.3 Å². The summed E-state index contributed by atoms with van der Waals surface area (Å²) in [6.07, 6.45) is 0.0540. The lowest BCUT2D eigenvalue weighted by Crippen LogP contribution is -2.33. The summed E-state index contributed by atoms with van der Waals surface area (Å²) in [6.45, 7) is 0. The highest BCUT2D eigenvalue weighted by Gasteiger charge is 2.35. The molecule has 0 aliphatic heterocycles. The fourth-order valence-electron chi connectivity index (χ4n) is 2.07. The molecule has 0 aromatic heterocycles. The predicted octanol–water partition coefficient (Wildman–Crippen LogP) is 2.90. The third-order valence-electron chi connectivity index (χ3n) is 3.24. The zero-order chi connectivity index (χ0) is 16.2. The molecule has 0 aliphatic rings. The number of carbonyl (C=O) groups is 1. The van der Waals surface area contributed by atoms with Gasteiger partial charge in [-0.3, -0.25) is 4.79 Å². The van der Waals surface area contributed by atoms with E-state index >= 15 is 0 Å². The lowest BCUT2D eigenvalue weighted by Gasteiger charge is -2.16. The Labute approximate surface area is 134 Å². The molecule has 0 fully saturated rings. The Morgan fingerprint density at radius 3 is 2.23 bits per heavy atom. The summed E-state index contributed by atoms with van der Waals surface area (Å²) >= 11 is 5.77. The highest BCUT2D eigenvalue weighted by Crippen LogP contribution is 2.22. The monoisotopic (exact) mass is 338 g/mol. The summed E-state index contributed by atoms with van der Waals surface area (Å²) in [7, 11) is -2.68. The average molecular weight is 339 g/mol. The summed E-state index contributed by atoms with van der Waals surface area (Å²) in [5.41, 5.74) is 0.746. The number of halogens is 1. The summed E-state index contributed by atoms with van der Waals surface area (Å²) in [4.78, 5) is 12.0. The number of rotatable bonds is 5. The third-order valence-corrected chi connectivity index (χ3v) is 5.53. The number of methoxy groups -OCH3 is 1. The number of benzene rings is 2. The molecule has 2 rings (SSSR count). The van der Waals surface area contributed by atoms with Gasteiger partial charge in [0.2, 0.25) is 0 Å². The molecule has 22 heavy (non-hydrogen) atoms. The molecule has 0 N–H and O–H groups in total. The first-order valence-electron chi connectivity index (χ1n) is 6.56. The van der Waals surface area contributed by atoms with E-state index in [9.17, 15) is 13.2 Å². The molecule has 0 spiro atoms. The molecule has 0 saturated heterocycles. The minimum Gasteiger partial charge on any atom is -0.468 e. The zero-order valence-electron chi connectivity index (χ0n) is 11.9. The van der Waals surface area contributed by atoms with Crippen molar-refractivity contribution >= 4 is 27.4 Å². The van der Waals surface area contributed by atoms with Crippen LogP contribution in [0.5, 0.6) is 0 Å². The highest BCUT2D eigenvalue weighted by molar-refractivity contribution is 7.92. The molecule has 2 aromatic rings. The second-order valence-electron chi connectivity index (χ2n) is 4.70. The molecule has 0 saturated carbocycles. The van der Waals surface area contributed by atoms with E-state index in [0.717, 1.165) is 5.56 Å². The molecule has 0 heterocycles. The van der Waals surface area contributed by atoms with Gasteiger partial charge in [-0.25, -0.2) is 8.42 Å². The third kappa shape index (κ3) is 3.67. The van der Waals surface area contributed by atoms with Crippen molar-refractivity contribution in [2.75, 3.05) is 7.11 Å². The van der Waals surface area contributed by atoms with E-state index in [1.807, 2.05) is 6.07 Å². The molecule has 1 atom stereocenters. The molecule has 4 nitrogen and oxygen atoms in total. The maximum Gasteiger partial charge on any atom is 0.324 e. The van der Waals surface area contributed by atoms with Gasteiger partial charge >= 0.3 is 5.97 Å². The van der Waals surface area contributed by atoms with Gasteiger partial charge in [0.05, 0.1) is 12.0 Å². The quantitative estimate of drug-likeness (QED) is 0.786. The summed E-state index contributed by atoms with van der Waals surface area (Å²) < 4.78 is 30.1. The second-order valence-corrected chi connectivity index (χ2v) is 7.27. The lowest BCUT2D eigenvalue weighted by molar-refractivity contribution is -0.140. The highest BCUT2D eigenvalue weighted by atomic mass is 35.5. The van der Waals surface area contributed by atoms with Crippen LogP contribution in [0.15, 0.2) is 59.5 Å². The van der Waals surface area contributed by atoms with Crippen molar-refractivity contribution in [1.29, 1.82) is 0 Å². The molecule has 6 heteroatoms. The van der Waals surface area contributed by atoms with Gasteiger partial charge in [0.25, 0.3) is 0 Å². The lowest BCUT2D eigenvalue weighted by atomic mass is 10.1. The number of hydrogen-bond donors (Lipinski definition) is 0. The van der Waals surface area contributed by atoms with Crippen molar-refractivity contribution in [3.8, 4) is 0 Å². The maximum absolute atomic E-state index is 12.7. The Bertz CT molecular complexity index is 739. The van der Waals surface area contributed by atoms with Crippen molar-refractivity contribution in [1.82, 2.24) is 0 Å². The maximum atomic E-state index is 12.7. The number of hydrogen-bond acceptors (Lipinski definition) is 4. The summed E-state index contributed by atoms with van der Waals surface area (Å²) in [5.74, 6) is -0.779. The molecule has 116 valence electrons. The minimum atomic E-state index is -3.86. The molecule has 0 bridgehead atoms. The Balaban J connectivity index is 2.40. The van der Waals surface area contributed by atoms with Crippen molar-refractivity contribution in [2.45, 2.75) is 16.6 Å². The molecule has 0 unspecified atom stereocenters. The van der Waals surface area contributed by atoms with Crippen LogP contribution >= 0.6 is 11.6 Å². The van der Waals surface area contributed by atoms with Crippen LogP contribution in [0.3, 0.4) is 0 Å². The number of carbonyl (C=O) groups excluding carboxylic acids is 1. The van der Waals surface area contributed by atoms with Crippen LogP contribution in [0, 0.1) is 0 Å². The summed E-state index contributed by atoms with van der Waals surface area (Å²) in [5, 5.41) is -0.863. The van der Waals surface area contributed by atoms with Gasteiger partial charge in [-0.2, -0.15) is 0 Å². The van der Waals surface area contributed by atoms with Crippen LogP contribution < -0.4 is 0 Å². The topological polar surface area (TPSA) is 60.4 Å². The largest absolute Gasteiger partial charge is 0.468 e. The Morgan fingerprint density at radius 2 is 1.68 bits per heavy atom. The van der Waals surface area contributed by atoms with Crippen LogP contribution in [0.2, 0.25) is 5.02 Å². The summed E-state index contributed by atoms with van der Waals surface area (Å²) in [6, 6.07) is 14.7. The van der Waals surface area contributed by atoms with Crippen molar-refractivity contribution in [3.05, 3.63) is 65.2 Å². The van der Waals surface area contributed by atoms with Gasteiger partial charge in [-0.1, -0.05) is 41.9 Å². The van der Waals surface area contributed by atoms with Crippen molar-refractivity contribution in [3.63, 3.8) is 0 Å². The van der Waals surface area contributed by atoms with Gasteiger partial charge in [0, 0.05) is 11.4 Å². The second kappa shape index (κ2) is 6.94. The molecule has 0 amide bonds. The van der Waals surface area contributed by atoms with E-state index in [4.69, 9.17) is 11.6 Å². The van der Waals surface area contributed by atoms with Gasteiger partial charge < -0.3 is 4.74 Å². The standard InChI is InChI=1S/C16H15ClO4S/c1-21-16(18)15(11-12-5-3-2-4-6-12)22(19,20)14-9-7-13(17)8-10-14/h2-10,15H,11H2,1H3/t15-/m0/s1. The van der Waals surface area contributed by atoms with E-state index in [0.29, 0.717) is 5.02 Å². The Hall–Kier alpha value is -1.85. The number of esters is 1. The molecule has 0 radical (unpaired) electrons. The SMILES string of the molecule is COC(=O)[C@H](Cc1ccccc1)S(=O)(=O)c1ccc(Cl)cc1. The van der Waals surface area contributed by atoms with Crippen LogP contribution in [-0.4, -0.2) is 26.7 Å². The van der Waals surface area contributed by atoms with E-state index in [1.165, 1.54) is 31.4 Å². The first-order chi connectivity index (χ1) is 10.4. The zero-order valence-corrected chi connectivity index (χ0v) is 13.5. The Kier molecular flexibility index (Phi) is 5.21.